The molecule has 34 heavy (non-hydrogen) atoms. The fourth-order valence-corrected chi connectivity index (χ4v) is 5.10. The first-order chi connectivity index (χ1) is 16.2. The Morgan fingerprint density at radius 2 is 1.62 bits per heavy atom. The third-order valence-corrected chi connectivity index (χ3v) is 6.98. The number of hydrogen-bond donors (Lipinski definition) is 3. The molecule has 0 atom stereocenters. The largest absolute Gasteiger partial charge is 0.497 e. The minimum absolute atomic E-state index is 0.0513. The SMILES string of the molecule is COc1ccc(NS(=O)(=O)c2ccc(NC(=S)NC(=O)COc3ccc(Br)cc3Br)cc2)cc1. The van der Waals surface area contributed by atoms with Gasteiger partial charge in [0.05, 0.1) is 16.5 Å². The Bertz CT molecular complexity index is 1280. The fourth-order valence-electron chi connectivity index (χ4n) is 2.65. The first-order valence-electron chi connectivity index (χ1n) is 9.62. The first kappa shape index (κ1) is 25.9. The Morgan fingerprint density at radius 3 is 2.24 bits per heavy atom. The summed E-state index contributed by atoms with van der Waals surface area (Å²) in [5.41, 5.74) is 0.912. The average molecular weight is 629 g/mol. The van der Waals surface area contributed by atoms with E-state index in [1.54, 1.807) is 42.5 Å². The Labute approximate surface area is 219 Å². The van der Waals surface area contributed by atoms with Gasteiger partial charge in [-0.3, -0.25) is 14.8 Å². The highest BCUT2D eigenvalue weighted by atomic mass is 79.9. The summed E-state index contributed by atoms with van der Waals surface area (Å²) < 4.78 is 39.8. The number of ether oxygens (including phenoxy) is 2. The smallest absolute Gasteiger partial charge is 0.264 e. The van der Waals surface area contributed by atoms with Gasteiger partial charge in [-0.05, 0) is 94.9 Å². The number of sulfonamides is 1. The van der Waals surface area contributed by atoms with Crippen molar-refractivity contribution in [1.29, 1.82) is 0 Å². The number of hydrogen-bond acceptors (Lipinski definition) is 6. The van der Waals surface area contributed by atoms with Gasteiger partial charge in [-0.2, -0.15) is 0 Å². The second kappa shape index (κ2) is 11.6. The van der Waals surface area contributed by atoms with Crippen LogP contribution >= 0.6 is 44.1 Å². The molecule has 8 nitrogen and oxygen atoms in total. The van der Waals surface area contributed by atoms with Gasteiger partial charge < -0.3 is 14.8 Å². The van der Waals surface area contributed by atoms with Gasteiger partial charge in [-0.25, -0.2) is 8.42 Å². The van der Waals surface area contributed by atoms with Crippen molar-refractivity contribution in [2.75, 3.05) is 23.8 Å². The molecule has 178 valence electrons. The van der Waals surface area contributed by atoms with E-state index >= 15 is 0 Å². The molecule has 3 N–H and O–H groups in total. The van der Waals surface area contributed by atoms with E-state index in [1.807, 2.05) is 0 Å². The van der Waals surface area contributed by atoms with Gasteiger partial charge in [0.1, 0.15) is 11.5 Å². The molecule has 0 unspecified atom stereocenters. The third kappa shape index (κ3) is 7.42. The van der Waals surface area contributed by atoms with Crippen LogP contribution in [0.4, 0.5) is 11.4 Å². The van der Waals surface area contributed by atoms with Crippen molar-refractivity contribution < 1.29 is 22.7 Å². The average Bonchev–Trinajstić information content (AvgIpc) is 2.79. The lowest BCUT2D eigenvalue weighted by molar-refractivity contribution is -0.121. The van der Waals surface area contributed by atoms with Crippen molar-refractivity contribution in [2.45, 2.75) is 4.90 Å². The number of benzene rings is 3. The fraction of sp³-hybridized carbons (Fsp3) is 0.0909. The molecule has 0 aromatic heterocycles. The zero-order valence-electron chi connectivity index (χ0n) is 17.7. The second-order valence-electron chi connectivity index (χ2n) is 6.72. The molecule has 0 radical (unpaired) electrons. The Balaban J connectivity index is 1.52. The van der Waals surface area contributed by atoms with Crippen LogP contribution in [0, 0.1) is 0 Å². The number of halogens is 2. The van der Waals surface area contributed by atoms with Gasteiger partial charge in [0, 0.05) is 15.8 Å². The minimum atomic E-state index is -3.78. The highest BCUT2D eigenvalue weighted by molar-refractivity contribution is 9.11. The summed E-state index contributed by atoms with van der Waals surface area (Å²) >= 11 is 11.8. The summed E-state index contributed by atoms with van der Waals surface area (Å²) in [6.07, 6.45) is 0. The zero-order chi connectivity index (χ0) is 24.7. The number of methoxy groups -OCH3 is 1. The van der Waals surface area contributed by atoms with Crippen LogP contribution in [0.5, 0.6) is 11.5 Å². The number of amides is 1. The highest BCUT2D eigenvalue weighted by Gasteiger charge is 2.15. The van der Waals surface area contributed by atoms with Gasteiger partial charge in [0.15, 0.2) is 11.7 Å². The predicted molar refractivity (Wildman–Crippen MR) is 142 cm³/mol. The summed E-state index contributed by atoms with van der Waals surface area (Å²) in [7, 11) is -2.25. The number of nitrogens with one attached hydrogen (secondary N) is 3. The Hall–Kier alpha value is -2.67. The van der Waals surface area contributed by atoms with E-state index in [9.17, 15) is 13.2 Å². The van der Waals surface area contributed by atoms with E-state index in [0.29, 0.717) is 27.3 Å². The van der Waals surface area contributed by atoms with E-state index in [-0.39, 0.29) is 16.6 Å². The predicted octanol–water partition coefficient (Wildman–Crippen LogP) is 4.91. The normalized spacial score (nSPS) is 10.8. The van der Waals surface area contributed by atoms with Crippen LogP contribution in [-0.2, 0) is 14.8 Å². The lowest BCUT2D eigenvalue weighted by atomic mass is 10.3. The molecule has 0 aliphatic carbocycles. The van der Waals surface area contributed by atoms with Crippen molar-refractivity contribution in [3.63, 3.8) is 0 Å². The number of anilines is 2. The molecule has 0 saturated heterocycles. The maximum Gasteiger partial charge on any atom is 0.264 e. The molecule has 3 rings (SSSR count). The molecule has 0 aliphatic heterocycles. The van der Waals surface area contributed by atoms with Crippen LogP contribution in [0.25, 0.3) is 0 Å². The zero-order valence-corrected chi connectivity index (χ0v) is 22.5. The second-order valence-corrected chi connectivity index (χ2v) is 10.6. The van der Waals surface area contributed by atoms with Crippen LogP contribution in [0.1, 0.15) is 0 Å². The van der Waals surface area contributed by atoms with Crippen LogP contribution in [0.2, 0.25) is 0 Å². The lowest BCUT2D eigenvalue weighted by Gasteiger charge is -2.12. The van der Waals surface area contributed by atoms with Crippen LogP contribution in [0.3, 0.4) is 0 Å². The summed E-state index contributed by atoms with van der Waals surface area (Å²) in [6.45, 7) is -0.240. The molecule has 0 bridgehead atoms. The quantitative estimate of drug-likeness (QED) is 0.304. The van der Waals surface area contributed by atoms with E-state index in [1.165, 1.54) is 31.4 Å². The minimum Gasteiger partial charge on any atom is -0.497 e. The molecule has 3 aromatic carbocycles. The van der Waals surface area contributed by atoms with E-state index in [4.69, 9.17) is 21.7 Å². The number of carbonyl (C=O) groups is 1. The van der Waals surface area contributed by atoms with Crippen LogP contribution in [0.15, 0.2) is 80.6 Å². The monoisotopic (exact) mass is 627 g/mol. The Morgan fingerprint density at radius 1 is 0.971 bits per heavy atom. The number of carbonyl (C=O) groups excluding carboxylic acids is 1. The van der Waals surface area contributed by atoms with Crippen molar-refractivity contribution >= 4 is 76.5 Å². The van der Waals surface area contributed by atoms with Crippen molar-refractivity contribution in [2.24, 2.45) is 0 Å². The van der Waals surface area contributed by atoms with Gasteiger partial charge in [0.2, 0.25) is 0 Å². The summed E-state index contributed by atoms with van der Waals surface area (Å²) in [4.78, 5) is 12.2. The van der Waals surface area contributed by atoms with Crippen molar-refractivity contribution in [3.05, 3.63) is 75.7 Å². The van der Waals surface area contributed by atoms with E-state index in [0.717, 1.165) is 4.47 Å². The standard InChI is InChI=1S/C22H19Br2N3O5S2/c1-31-17-7-3-16(4-8-17)27-34(29,30)18-9-5-15(6-10-18)25-22(33)26-21(28)13-32-20-11-2-14(23)12-19(20)24/h2-12,27H,13H2,1H3,(H2,25,26,28,33). The van der Waals surface area contributed by atoms with Crippen molar-refractivity contribution in [3.8, 4) is 11.5 Å². The number of rotatable bonds is 8. The molecule has 0 saturated carbocycles. The van der Waals surface area contributed by atoms with E-state index in [2.05, 4.69) is 47.2 Å². The van der Waals surface area contributed by atoms with Gasteiger partial charge in [-0.15, -0.1) is 0 Å². The highest BCUT2D eigenvalue weighted by Crippen LogP contribution is 2.28. The van der Waals surface area contributed by atoms with Crippen LogP contribution < -0.4 is 24.8 Å². The molecule has 1 amide bonds. The van der Waals surface area contributed by atoms with Gasteiger partial charge >= 0.3 is 0 Å². The summed E-state index contributed by atoms with van der Waals surface area (Å²) in [6, 6.07) is 17.8. The lowest BCUT2D eigenvalue weighted by Crippen LogP contribution is -2.37. The van der Waals surface area contributed by atoms with Crippen molar-refractivity contribution in [1.82, 2.24) is 5.32 Å². The van der Waals surface area contributed by atoms with Gasteiger partial charge in [-0.1, -0.05) is 15.9 Å². The number of thiocarbonyl (C=S) groups is 1. The molecule has 0 heterocycles. The first-order valence-corrected chi connectivity index (χ1v) is 13.1. The molecule has 3 aromatic rings. The molecule has 0 fully saturated rings. The molecule has 0 spiro atoms. The molecule has 0 aliphatic rings. The molecular weight excluding hydrogens is 610 g/mol. The molecular formula is C22H19Br2N3O5S2. The maximum atomic E-state index is 12.6. The maximum absolute atomic E-state index is 12.6. The third-order valence-electron chi connectivity index (χ3n) is 4.27. The topological polar surface area (TPSA) is 106 Å². The van der Waals surface area contributed by atoms with Crippen LogP contribution in [-0.4, -0.2) is 33.2 Å². The summed E-state index contributed by atoms with van der Waals surface area (Å²) in [5.74, 6) is 0.682. The summed E-state index contributed by atoms with van der Waals surface area (Å²) in [5, 5.41) is 5.39. The molecule has 12 heteroatoms. The van der Waals surface area contributed by atoms with Gasteiger partial charge in [0.25, 0.3) is 15.9 Å². The van der Waals surface area contributed by atoms with E-state index < -0.39 is 15.9 Å². The Kier molecular flexibility index (Phi) is 8.89.